The summed E-state index contributed by atoms with van der Waals surface area (Å²) in [4.78, 5) is 0. The molecule has 0 heterocycles. The zero-order valence-corrected chi connectivity index (χ0v) is 10.7. The Morgan fingerprint density at radius 2 is 1.89 bits per heavy atom. The molecule has 0 aliphatic carbocycles. The van der Waals surface area contributed by atoms with Gasteiger partial charge in [0.05, 0.1) is 18.8 Å². The molecular weight excluding hydrogens is 240 g/mol. The van der Waals surface area contributed by atoms with Gasteiger partial charge in [0.1, 0.15) is 5.69 Å². The highest BCUT2D eigenvalue weighted by molar-refractivity contribution is 5.68. The lowest BCUT2D eigenvalue weighted by Gasteiger charge is -2.21. The van der Waals surface area contributed by atoms with Crippen molar-refractivity contribution in [2.45, 2.75) is 6.92 Å². The van der Waals surface area contributed by atoms with Crippen molar-refractivity contribution in [1.82, 2.24) is 0 Å². The summed E-state index contributed by atoms with van der Waals surface area (Å²) in [5, 5.41) is 1.04. The van der Waals surface area contributed by atoms with Gasteiger partial charge < -0.3 is 15.5 Å². The van der Waals surface area contributed by atoms with E-state index in [1.165, 1.54) is 20.1 Å². The largest absolute Gasteiger partial charge is 0.397 e. The van der Waals surface area contributed by atoms with Crippen molar-refractivity contribution < 1.29 is 13.5 Å². The van der Waals surface area contributed by atoms with Crippen molar-refractivity contribution in [3.05, 3.63) is 36.4 Å². The predicted octanol–water partition coefficient (Wildman–Crippen LogP) is 1.98. The summed E-state index contributed by atoms with van der Waals surface area (Å²) in [6.45, 7) is 7.96. The van der Waals surface area contributed by atoms with E-state index in [9.17, 15) is 8.78 Å². The standard InChI is InChI=1S/C10H15F2N3O.C2H4/c1-6-5-7(13)10(9(12)8(6)11)15(14)3-4-16-2;1-2/h5H,3-4,13-14H2,1-2H3;1-2H2. The monoisotopic (exact) mass is 259 g/mol. The average molecular weight is 259 g/mol. The van der Waals surface area contributed by atoms with Gasteiger partial charge >= 0.3 is 0 Å². The summed E-state index contributed by atoms with van der Waals surface area (Å²) < 4.78 is 31.7. The lowest BCUT2D eigenvalue weighted by atomic mass is 10.1. The molecule has 1 aromatic carbocycles. The first-order valence-corrected chi connectivity index (χ1v) is 5.24. The number of hydrogen-bond acceptors (Lipinski definition) is 4. The van der Waals surface area contributed by atoms with Crippen LogP contribution in [0.5, 0.6) is 0 Å². The van der Waals surface area contributed by atoms with Crippen LogP contribution in [0.1, 0.15) is 5.56 Å². The molecule has 4 nitrogen and oxygen atoms in total. The summed E-state index contributed by atoms with van der Waals surface area (Å²) >= 11 is 0. The number of anilines is 2. The highest BCUT2D eigenvalue weighted by atomic mass is 19.2. The van der Waals surface area contributed by atoms with Gasteiger partial charge in [-0.05, 0) is 18.6 Å². The zero-order valence-electron chi connectivity index (χ0n) is 10.7. The lowest BCUT2D eigenvalue weighted by Crippen LogP contribution is -2.35. The van der Waals surface area contributed by atoms with Crippen molar-refractivity contribution in [1.29, 1.82) is 0 Å². The van der Waals surface area contributed by atoms with Crippen molar-refractivity contribution in [3.8, 4) is 0 Å². The first kappa shape index (κ1) is 16.3. The second-order valence-corrected chi connectivity index (χ2v) is 3.45. The fraction of sp³-hybridized carbons (Fsp3) is 0.333. The van der Waals surface area contributed by atoms with Gasteiger partial charge in [-0.1, -0.05) is 0 Å². The number of benzene rings is 1. The Labute approximate surface area is 106 Å². The van der Waals surface area contributed by atoms with E-state index < -0.39 is 11.6 Å². The topological polar surface area (TPSA) is 64.5 Å². The minimum absolute atomic E-state index is 0.106. The number of nitrogen functional groups attached to an aromatic ring is 1. The van der Waals surface area contributed by atoms with E-state index >= 15 is 0 Å². The molecule has 18 heavy (non-hydrogen) atoms. The number of rotatable bonds is 4. The van der Waals surface area contributed by atoms with E-state index in [0.717, 1.165) is 5.01 Å². The summed E-state index contributed by atoms with van der Waals surface area (Å²) in [7, 11) is 1.49. The molecule has 0 amide bonds. The van der Waals surface area contributed by atoms with Gasteiger partial charge in [-0.25, -0.2) is 14.6 Å². The Morgan fingerprint density at radius 1 is 1.33 bits per heavy atom. The van der Waals surface area contributed by atoms with Crippen LogP contribution >= 0.6 is 0 Å². The molecule has 0 spiro atoms. The highest BCUT2D eigenvalue weighted by Gasteiger charge is 2.18. The fourth-order valence-electron chi connectivity index (χ4n) is 1.36. The van der Waals surface area contributed by atoms with Crippen LogP contribution in [0.2, 0.25) is 0 Å². The Kier molecular flexibility index (Phi) is 6.92. The van der Waals surface area contributed by atoms with E-state index in [1.54, 1.807) is 0 Å². The number of nitrogens with two attached hydrogens (primary N) is 2. The van der Waals surface area contributed by atoms with E-state index in [1.807, 2.05) is 0 Å². The van der Waals surface area contributed by atoms with Gasteiger partial charge in [-0.3, -0.25) is 0 Å². The first-order valence-electron chi connectivity index (χ1n) is 5.24. The number of hydrazine groups is 1. The number of ether oxygens (including phenoxy) is 1. The highest BCUT2D eigenvalue weighted by Crippen LogP contribution is 2.29. The second kappa shape index (κ2) is 7.62. The van der Waals surface area contributed by atoms with Gasteiger partial charge in [-0.2, -0.15) is 0 Å². The van der Waals surface area contributed by atoms with Crippen LogP contribution < -0.4 is 16.6 Å². The van der Waals surface area contributed by atoms with Crippen LogP contribution in [0.4, 0.5) is 20.2 Å². The molecule has 0 bridgehead atoms. The molecule has 0 aliphatic rings. The van der Waals surface area contributed by atoms with Gasteiger partial charge in [0.15, 0.2) is 11.6 Å². The van der Waals surface area contributed by atoms with Crippen molar-refractivity contribution in [3.63, 3.8) is 0 Å². The minimum atomic E-state index is -1.03. The molecule has 6 heteroatoms. The third kappa shape index (κ3) is 3.68. The third-order valence-electron chi connectivity index (χ3n) is 2.22. The molecule has 0 radical (unpaired) electrons. The summed E-state index contributed by atoms with van der Waals surface area (Å²) in [6.07, 6.45) is 0. The van der Waals surface area contributed by atoms with Gasteiger partial charge in [0.25, 0.3) is 0 Å². The number of aryl methyl sites for hydroxylation is 1. The number of hydrogen-bond donors (Lipinski definition) is 2. The molecule has 0 saturated heterocycles. The molecular formula is C12H19F2N3O. The number of methoxy groups -OCH3 is 1. The normalized spacial score (nSPS) is 9.61. The first-order chi connectivity index (χ1) is 8.49. The Balaban J connectivity index is 0.00000137. The van der Waals surface area contributed by atoms with E-state index in [0.29, 0.717) is 6.61 Å². The second-order valence-electron chi connectivity index (χ2n) is 3.45. The Bertz CT molecular complexity index is 399. The molecule has 0 fully saturated rings. The molecule has 0 unspecified atom stereocenters. The molecule has 1 aromatic rings. The van der Waals surface area contributed by atoms with Gasteiger partial charge in [0, 0.05) is 7.11 Å². The van der Waals surface area contributed by atoms with Crippen LogP contribution in [-0.4, -0.2) is 20.3 Å². The maximum absolute atomic E-state index is 13.6. The van der Waals surface area contributed by atoms with E-state index in [2.05, 4.69) is 13.2 Å². The van der Waals surface area contributed by atoms with Crippen molar-refractivity contribution >= 4 is 11.4 Å². The van der Waals surface area contributed by atoms with Crippen LogP contribution in [-0.2, 0) is 4.74 Å². The quantitative estimate of drug-likeness (QED) is 0.375. The van der Waals surface area contributed by atoms with E-state index in [-0.39, 0.29) is 23.5 Å². The Morgan fingerprint density at radius 3 is 2.39 bits per heavy atom. The molecule has 4 N–H and O–H groups in total. The maximum Gasteiger partial charge on any atom is 0.185 e. The summed E-state index contributed by atoms with van der Waals surface area (Å²) in [5.41, 5.74) is 5.71. The van der Waals surface area contributed by atoms with Crippen molar-refractivity contribution in [2.24, 2.45) is 5.84 Å². The summed E-state index contributed by atoms with van der Waals surface area (Å²) in [6, 6.07) is 1.35. The van der Waals surface area contributed by atoms with E-state index in [4.69, 9.17) is 16.3 Å². The minimum Gasteiger partial charge on any atom is -0.397 e. The van der Waals surface area contributed by atoms with Crippen LogP contribution in [0.15, 0.2) is 19.2 Å². The zero-order chi connectivity index (χ0) is 14.3. The fourth-order valence-corrected chi connectivity index (χ4v) is 1.36. The Hall–Kier alpha value is -1.66. The molecule has 0 aromatic heterocycles. The molecule has 0 atom stereocenters. The van der Waals surface area contributed by atoms with Crippen LogP contribution in [0.3, 0.4) is 0 Å². The summed E-state index contributed by atoms with van der Waals surface area (Å²) in [5.74, 6) is 3.60. The average Bonchev–Trinajstić information content (AvgIpc) is 2.36. The maximum atomic E-state index is 13.6. The van der Waals surface area contributed by atoms with Crippen LogP contribution in [0.25, 0.3) is 0 Å². The molecule has 0 aliphatic heterocycles. The molecule has 0 saturated carbocycles. The van der Waals surface area contributed by atoms with Gasteiger partial charge in [0.2, 0.25) is 0 Å². The van der Waals surface area contributed by atoms with Gasteiger partial charge in [-0.15, -0.1) is 13.2 Å². The number of halogens is 2. The number of nitrogens with zero attached hydrogens (tertiary/aromatic N) is 1. The molecule has 102 valence electrons. The van der Waals surface area contributed by atoms with Crippen molar-refractivity contribution in [2.75, 3.05) is 31.0 Å². The SMILES string of the molecule is C=C.COCCN(N)c1c(N)cc(C)c(F)c1F. The smallest absolute Gasteiger partial charge is 0.185 e. The third-order valence-corrected chi connectivity index (χ3v) is 2.22. The predicted molar refractivity (Wildman–Crippen MR) is 70.2 cm³/mol. The molecule has 1 rings (SSSR count). The lowest BCUT2D eigenvalue weighted by molar-refractivity contribution is 0.205. The van der Waals surface area contributed by atoms with Crippen LogP contribution in [0, 0.1) is 18.6 Å².